The largest absolute Gasteiger partial charge is 0.383 e. The first-order valence-electron chi connectivity index (χ1n) is 6.40. The Kier molecular flexibility index (Phi) is 4.52. The molecule has 1 atom stereocenters. The van der Waals surface area contributed by atoms with E-state index in [4.69, 9.17) is 4.74 Å². The molecule has 0 bridgehead atoms. The Morgan fingerprint density at radius 3 is 2.79 bits per heavy atom. The highest BCUT2D eigenvalue weighted by Crippen LogP contribution is 2.18. The molecule has 2 aromatic heterocycles. The highest BCUT2D eigenvalue weighted by molar-refractivity contribution is 5.33. The summed E-state index contributed by atoms with van der Waals surface area (Å²) in [5.41, 5.74) is 2.19. The Hall–Kier alpha value is -1.88. The lowest BCUT2D eigenvalue weighted by Gasteiger charge is -2.16. The van der Waals surface area contributed by atoms with Crippen LogP contribution in [-0.4, -0.2) is 28.3 Å². The van der Waals surface area contributed by atoms with Gasteiger partial charge in [-0.05, 0) is 31.5 Å². The molecule has 0 spiro atoms. The fourth-order valence-corrected chi connectivity index (χ4v) is 1.95. The number of hydrogen-bond donors (Lipinski definition) is 1. The van der Waals surface area contributed by atoms with E-state index < -0.39 is 0 Å². The summed E-state index contributed by atoms with van der Waals surface area (Å²) in [7, 11) is 1.70. The maximum Gasteiger partial charge on any atom is 0.203 e. The van der Waals surface area contributed by atoms with Crippen LogP contribution in [0.25, 0.3) is 0 Å². The van der Waals surface area contributed by atoms with Gasteiger partial charge in [0.2, 0.25) is 5.95 Å². The first-order valence-corrected chi connectivity index (χ1v) is 6.40. The zero-order valence-corrected chi connectivity index (χ0v) is 11.6. The summed E-state index contributed by atoms with van der Waals surface area (Å²) in [5, 5.41) is 3.43. The van der Waals surface area contributed by atoms with E-state index in [-0.39, 0.29) is 6.04 Å². The van der Waals surface area contributed by atoms with E-state index in [9.17, 15) is 0 Å². The van der Waals surface area contributed by atoms with E-state index in [0.717, 1.165) is 18.2 Å². The van der Waals surface area contributed by atoms with E-state index in [1.807, 2.05) is 25.3 Å². The Balaban J connectivity index is 2.10. The molecule has 1 N–H and O–H groups in total. The van der Waals surface area contributed by atoms with E-state index >= 15 is 0 Å². The number of ether oxygens (including phenoxy) is 1. The molecule has 0 fully saturated rings. The van der Waals surface area contributed by atoms with Crippen LogP contribution in [0, 0.1) is 6.92 Å². The molecule has 0 amide bonds. The molecule has 0 aliphatic carbocycles. The van der Waals surface area contributed by atoms with Gasteiger partial charge >= 0.3 is 0 Å². The second-order valence-corrected chi connectivity index (χ2v) is 4.54. The minimum atomic E-state index is 0.186. The predicted molar refractivity (Wildman–Crippen MR) is 75.1 cm³/mol. The number of imidazole rings is 1. The molecule has 5 heteroatoms. The molecule has 0 aliphatic heterocycles. The van der Waals surface area contributed by atoms with Crippen molar-refractivity contribution in [3.8, 4) is 0 Å². The van der Waals surface area contributed by atoms with Crippen LogP contribution in [0.4, 0.5) is 5.95 Å². The zero-order chi connectivity index (χ0) is 13.7. The van der Waals surface area contributed by atoms with Crippen molar-refractivity contribution < 1.29 is 4.74 Å². The van der Waals surface area contributed by atoms with Crippen LogP contribution >= 0.6 is 0 Å². The van der Waals surface area contributed by atoms with E-state index in [0.29, 0.717) is 6.61 Å². The molecule has 2 rings (SSSR count). The van der Waals surface area contributed by atoms with Crippen LogP contribution < -0.4 is 5.32 Å². The minimum Gasteiger partial charge on any atom is -0.383 e. The third-order valence-electron chi connectivity index (χ3n) is 2.99. The topological polar surface area (TPSA) is 52.0 Å². The molecule has 1 unspecified atom stereocenters. The first-order chi connectivity index (χ1) is 9.20. The summed E-state index contributed by atoms with van der Waals surface area (Å²) < 4.78 is 7.19. The van der Waals surface area contributed by atoms with E-state index in [1.54, 1.807) is 19.5 Å². The lowest BCUT2D eigenvalue weighted by Crippen LogP contribution is -2.13. The van der Waals surface area contributed by atoms with Gasteiger partial charge < -0.3 is 14.6 Å². The Morgan fingerprint density at radius 2 is 2.11 bits per heavy atom. The van der Waals surface area contributed by atoms with Crippen molar-refractivity contribution in [3.05, 3.63) is 42.0 Å². The smallest absolute Gasteiger partial charge is 0.203 e. The number of aryl methyl sites for hydroxylation is 1. The summed E-state index contributed by atoms with van der Waals surface area (Å²) in [6.07, 6.45) is 5.63. The van der Waals surface area contributed by atoms with Crippen molar-refractivity contribution in [2.24, 2.45) is 0 Å². The van der Waals surface area contributed by atoms with Gasteiger partial charge in [-0.15, -0.1) is 0 Å². The minimum absolute atomic E-state index is 0.186. The van der Waals surface area contributed by atoms with Crippen molar-refractivity contribution in [2.75, 3.05) is 19.0 Å². The lowest BCUT2D eigenvalue weighted by molar-refractivity contribution is 0.187. The molecule has 2 aromatic rings. The molecule has 2 heterocycles. The summed E-state index contributed by atoms with van der Waals surface area (Å²) in [6.45, 7) is 5.57. The van der Waals surface area contributed by atoms with Gasteiger partial charge in [0, 0.05) is 32.2 Å². The van der Waals surface area contributed by atoms with Crippen LogP contribution in [0.2, 0.25) is 0 Å². The van der Waals surface area contributed by atoms with Crippen molar-refractivity contribution in [1.82, 2.24) is 14.5 Å². The lowest BCUT2D eigenvalue weighted by atomic mass is 10.1. The number of nitrogens with zero attached hydrogens (tertiary/aromatic N) is 3. The van der Waals surface area contributed by atoms with Crippen LogP contribution in [0.1, 0.15) is 24.2 Å². The maximum absolute atomic E-state index is 5.11. The summed E-state index contributed by atoms with van der Waals surface area (Å²) in [6, 6.07) is 4.20. The first kappa shape index (κ1) is 13.5. The number of rotatable bonds is 6. The van der Waals surface area contributed by atoms with Gasteiger partial charge in [0.15, 0.2) is 0 Å². The monoisotopic (exact) mass is 260 g/mol. The Labute approximate surface area is 113 Å². The van der Waals surface area contributed by atoms with Crippen LogP contribution in [0.3, 0.4) is 0 Å². The van der Waals surface area contributed by atoms with Gasteiger partial charge in [-0.3, -0.25) is 4.98 Å². The SMILES string of the molecule is COCCn1cc(C)nc1NC(C)c1ccncc1. The molecule has 0 saturated carbocycles. The Bertz CT molecular complexity index is 509. The summed E-state index contributed by atoms with van der Waals surface area (Å²) in [5.74, 6) is 0.874. The fourth-order valence-electron chi connectivity index (χ4n) is 1.95. The number of pyridine rings is 1. The number of methoxy groups -OCH3 is 1. The quantitative estimate of drug-likeness (QED) is 0.866. The van der Waals surface area contributed by atoms with Crippen molar-refractivity contribution >= 4 is 5.95 Å². The molecule has 5 nitrogen and oxygen atoms in total. The normalized spacial score (nSPS) is 12.4. The van der Waals surface area contributed by atoms with E-state index in [1.165, 1.54) is 5.56 Å². The predicted octanol–water partition coefficient (Wildman–Crippen LogP) is 2.41. The van der Waals surface area contributed by atoms with Gasteiger partial charge in [0.1, 0.15) is 0 Å². The average molecular weight is 260 g/mol. The number of anilines is 1. The summed E-state index contributed by atoms with van der Waals surface area (Å²) in [4.78, 5) is 8.54. The molecule has 102 valence electrons. The second kappa shape index (κ2) is 6.33. The summed E-state index contributed by atoms with van der Waals surface area (Å²) >= 11 is 0. The number of hydrogen-bond acceptors (Lipinski definition) is 4. The molecule has 19 heavy (non-hydrogen) atoms. The van der Waals surface area contributed by atoms with Crippen LogP contribution in [0.15, 0.2) is 30.7 Å². The Morgan fingerprint density at radius 1 is 1.37 bits per heavy atom. The zero-order valence-electron chi connectivity index (χ0n) is 11.6. The third kappa shape index (κ3) is 3.54. The highest BCUT2D eigenvalue weighted by Gasteiger charge is 2.10. The molecule has 0 saturated heterocycles. The number of nitrogens with one attached hydrogen (secondary N) is 1. The maximum atomic E-state index is 5.11. The molecular weight excluding hydrogens is 240 g/mol. The van der Waals surface area contributed by atoms with Gasteiger partial charge in [-0.2, -0.15) is 0 Å². The number of aromatic nitrogens is 3. The van der Waals surface area contributed by atoms with Gasteiger partial charge in [-0.1, -0.05) is 0 Å². The fraction of sp³-hybridized carbons (Fsp3) is 0.429. The van der Waals surface area contributed by atoms with Crippen molar-refractivity contribution in [2.45, 2.75) is 26.4 Å². The standard InChI is InChI=1S/C14H20N4O/c1-11-10-18(8-9-19-3)14(16-11)17-12(2)13-4-6-15-7-5-13/h4-7,10,12H,8-9H2,1-3H3,(H,16,17). The van der Waals surface area contributed by atoms with Crippen molar-refractivity contribution in [3.63, 3.8) is 0 Å². The molecule has 0 aliphatic rings. The van der Waals surface area contributed by atoms with Crippen molar-refractivity contribution in [1.29, 1.82) is 0 Å². The molecule has 0 aromatic carbocycles. The van der Waals surface area contributed by atoms with Crippen LogP contribution in [0.5, 0.6) is 0 Å². The van der Waals surface area contributed by atoms with Crippen LogP contribution in [-0.2, 0) is 11.3 Å². The molecular formula is C14H20N4O. The second-order valence-electron chi connectivity index (χ2n) is 4.54. The van der Waals surface area contributed by atoms with E-state index in [2.05, 4.69) is 26.8 Å². The van der Waals surface area contributed by atoms with Gasteiger partial charge in [-0.25, -0.2) is 4.98 Å². The van der Waals surface area contributed by atoms with Gasteiger partial charge in [0.25, 0.3) is 0 Å². The average Bonchev–Trinajstić information content (AvgIpc) is 2.77. The highest BCUT2D eigenvalue weighted by atomic mass is 16.5. The third-order valence-corrected chi connectivity index (χ3v) is 2.99. The van der Waals surface area contributed by atoms with Gasteiger partial charge in [0.05, 0.1) is 18.3 Å². The molecule has 0 radical (unpaired) electrons.